The Morgan fingerprint density at radius 3 is 2.53 bits per heavy atom. The van der Waals surface area contributed by atoms with Crippen molar-refractivity contribution in [2.75, 3.05) is 7.11 Å². The minimum atomic E-state index is -0.534. The van der Waals surface area contributed by atoms with E-state index in [2.05, 4.69) is 4.74 Å². The van der Waals surface area contributed by atoms with Gasteiger partial charge in [0.05, 0.1) is 18.0 Å². The van der Waals surface area contributed by atoms with Crippen molar-refractivity contribution in [3.05, 3.63) is 45.1 Å². The molecule has 0 spiro atoms. The molecule has 1 heterocycles. The number of fused-ring (bicyclic) bond motifs is 1. The molecule has 19 heavy (non-hydrogen) atoms. The number of methoxy groups -OCH3 is 1. The summed E-state index contributed by atoms with van der Waals surface area (Å²) in [6.45, 7) is 1.75. The van der Waals surface area contributed by atoms with Gasteiger partial charge in [0, 0.05) is 6.54 Å². The number of para-hydroxylation sites is 1. The molecule has 0 bridgehead atoms. The van der Waals surface area contributed by atoms with Crippen LogP contribution in [0.25, 0.3) is 10.9 Å². The molecule has 0 saturated carbocycles. The molecule has 0 unspecified atom stereocenters. The zero-order valence-corrected chi connectivity index (χ0v) is 10.8. The van der Waals surface area contributed by atoms with Crippen LogP contribution in [0, 0.1) is 0 Å². The van der Waals surface area contributed by atoms with Gasteiger partial charge in [0.1, 0.15) is 6.54 Å². The highest BCUT2D eigenvalue weighted by Gasteiger charge is 2.14. The molecule has 1 aromatic heterocycles. The molecule has 0 fully saturated rings. The van der Waals surface area contributed by atoms with E-state index >= 15 is 0 Å². The van der Waals surface area contributed by atoms with Crippen LogP contribution in [0.5, 0.6) is 0 Å². The van der Waals surface area contributed by atoms with Crippen LogP contribution < -0.4 is 11.2 Å². The molecule has 100 valence electrons. The van der Waals surface area contributed by atoms with Gasteiger partial charge in [-0.05, 0) is 19.1 Å². The highest BCUT2D eigenvalue weighted by molar-refractivity contribution is 5.79. The standard InChI is InChI=1S/C13H14N2O4/c1-3-14-12(17)9-6-4-5-7-10(9)15(13(14)18)8-11(16)19-2/h4-7H,3,8H2,1-2H3. The van der Waals surface area contributed by atoms with Gasteiger partial charge in [0.2, 0.25) is 0 Å². The first-order valence-electron chi connectivity index (χ1n) is 5.89. The third-order valence-electron chi connectivity index (χ3n) is 2.96. The van der Waals surface area contributed by atoms with Crippen molar-refractivity contribution in [2.45, 2.75) is 20.0 Å². The molecule has 6 nitrogen and oxygen atoms in total. The fraction of sp³-hybridized carbons (Fsp3) is 0.308. The Balaban J connectivity index is 2.84. The molecule has 1 aromatic carbocycles. The molecule has 2 rings (SSSR count). The van der Waals surface area contributed by atoms with Gasteiger partial charge in [-0.1, -0.05) is 12.1 Å². The van der Waals surface area contributed by atoms with Gasteiger partial charge in [0.15, 0.2) is 0 Å². The fourth-order valence-electron chi connectivity index (χ4n) is 2.00. The molecular weight excluding hydrogens is 248 g/mol. The van der Waals surface area contributed by atoms with Crippen molar-refractivity contribution in [2.24, 2.45) is 0 Å². The maximum atomic E-state index is 12.2. The van der Waals surface area contributed by atoms with Crippen molar-refractivity contribution in [3.8, 4) is 0 Å². The lowest BCUT2D eigenvalue weighted by molar-refractivity contribution is -0.141. The van der Waals surface area contributed by atoms with Crippen LogP contribution in [0.4, 0.5) is 0 Å². The largest absolute Gasteiger partial charge is 0.468 e. The van der Waals surface area contributed by atoms with E-state index in [9.17, 15) is 14.4 Å². The number of carbonyl (C=O) groups excluding carboxylic acids is 1. The van der Waals surface area contributed by atoms with Crippen molar-refractivity contribution < 1.29 is 9.53 Å². The zero-order valence-electron chi connectivity index (χ0n) is 10.8. The van der Waals surface area contributed by atoms with E-state index in [1.807, 2.05) is 0 Å². The van der Waals surface area contributed by atoms with Gasteiger partial charge in [-0.2, -0.15) is 0 Å². The first-order valence-corrected chi connectivity index (χ1v) is 5.89. The molecule has 0 N–H and O–H groups in total. The topological polar surface area (TPSA) is 70.3 Å². The van der Waals surface area contributed by atoms with Crippen molar-refractivity contribution in [1.82, 2.24) is 9.13 Å². The second-order valence-electron chi connectivity index (χ2n) is 4.01. The molecule has 0 saturated heterocycles. The Kier molecular flexibility index (Phi) is 3.50. The van der Waals surface area contributed by atoms with E-state index in [-0.39, 0.29) is 18.6 Å². The Morgan fingerprint density at radius 2 is 1.89 bits per heavy atom. The van der Waals surface area contributed by atoms with Crippen molar-refractivity contribution >= 4 is 16.9 Å². The van der Waals surface area contributed by atoms with E-state index in [1.54, 1.807) is 31.2 Å². The average molecular weight is 262 g/mol. The minimum absolute atomic E-state index is 0.212. The molecule has 0 aliphatic rings. The molecule has 6 heteroatoms. The number of carbonyl (C=O) groups is 1. The third-order valence-corrected chi connectivity index (χ3v) is 2.96. The van der Waals surface area contributed by atoms with Gasteiger partial charge >= 0.3 is 11.7 Å². The number of hydrogen-bond donors (Lipinski definition) is 0. The van der Waals surface area contributed by atoms with Crippen LogP contribution in [-0.2, 0) is 22.6 Å². The molecule has 0 amide bonds. The molecule has 0 atom stereocenters. The smallest absolute Gasteiger partial charge is 0.332 e. The number of esters is 1. The SMILES string of the molecule is CCn1c(=O)c2ccccc2n(CC(=O)OC)c1=O. The summed E-state index contributed by atoms with van der Waals surface area (Å²) >= 11 is 0. The lowest BCUT2D eigenvalue weighted by Crippen LogP contribution is -2.40. The lowest BCUT2D eigenvalue weighted by atomic mass is 10.2. The summed E-state index contributed by atoms with van der Waals surface area (Å²) < 4.78 is 6.93. The second-order valence-corrected chi connectivity index (χ2v) is 4.01. The molecule has 0 aliphatic carbocycles. The van der Waals surface area contributed by atoms with Gasteiger partial charge < -0.3 is 4.74 Å². The number of nitrogens with zero attached hydrogens (tertiary/aromatic N) is 2. The van der Waals surface area contributed by atoms with Crippen LogP contribution in [0.15, 0.2) is 33.9 Å². The van der Waals surface area contributed by atoms with Crippen LogP contribution in [0.1, 0.15) is 6.92 Å². The third kappa shape index (κ3) is 2.16. The summed E-state index contributed by atoms with van der Waals surface area (Å²) in [6.07, 6.45) is 0. The average Bonchev–Trinajstić information content (AvgIpc) is 2.43. The van der Waals surface area contributed by atoms with E-state index < -0.39 is 11.7 Å². The summed E-state index contributed by atoms with van der Waals surface area (Å²) in [6, 6.07) is 6.71. The van der Waals surface area contributed by atoms with Crippen molar-refractivity contribution in [1.29, 1.82) is 0 Å². The number of benzene rings is 1. The summed E-state index contributed by atoms with van der Waals surface area (Å²) in [7, 11) is 1.26. The Bertz CT molecular complexity index is 742. The normalized spacial score (nSPS) is 10.6. The maximum absolute atomic E-state index is 12.2. The number of rotatable bonds is 3. The Morgan fingerprint density at radius 1 is 1.21 bits per heavy atom. The first-order chi connectivity index (χ1) is 9.10. The summed E-state index contributed by atoms with van der Waals surface area (Å²) in [5, 5.41) is 0.410. The highest BCUT2D eigenvalue weighted by atomic mass is 16.5. The van der Waals surface area contributed by atoms with Crippen LogP contribution in [-0.4, -0.2) is 22.2 Å². The van der Waals surface area contributed by atoms with Crippen molar-refractivity contribution in [3.63, 3.8) is 0 Å². The minimum Gasteiger partial charge on any atom is -0.468 e. The van der Waals surface area contributed by atoms with Gasteiger partial charge in [-0.25, -0.2) is 4.79 Å². The van der Waals surface area contributed by atoms with E-state index in [0.717, 1.165) is 4.57 Å². The second kappa shape index (κ2) is 5.09. The van der Waals surface area contributed by atoms with E-state index in [4.69, 9.17) is 0 Å². The predicted octanol–water partition coefficient (Wildman–Crippen LogP) is 0.356. The quantitative estimate of drug-likeness (QED) is 0.749. The highest BCUT2D eigenvalue weighted by Crippen LogP contribution is 2.07. The number of ether oxygens (including phenoxy) is 1. The van der Waals surface area contributed by atoms with Gasteiger partial charge in [0.25, 0.3) is 5.56 Å². The summed E-state index contributed by atoms with van der Waals surface area (Å²) in [5.74, 6) is -0.534. The van der Waals surface area contributed by atoms with Crippen LogP contribution in [0.3, 0.4) is 0 Å². The maximum Gasteiger partial charge on any atom is 0.332 e. The number of aromatic nitrogens is 2. The lowest BCUT2D eigenvalue weighted by Gasteiger charge is -2.11. The van der Waals surface area contributed by atoms with E-state index in [0.29, 0.717) is 10.9 Å². The first kappa shape index (κ1) is 13.1. The van der Waals surface area contributed by atoms with Crippen LogP contribution >= 0.6 is 0 Å². The zero-order chi connectivity index (χ0) is 14.0. The Hall–Kier alpha value is -2.37. The monoisotopic (exact) mass is 262 g/mol. The molecule has 2 aromatic rings. The van der Waals surface area contributed by atoms with Gasteiger partial charge in [-0.15, -0.1) is 0 Å². The van der Waals surface area contributed by atoms with E-state index in [1.165, 1.54) is 11.7 Å². The summed E-state index contributed by atoms with van der Waals surface area (Å²) in [4.78, 5) is 35.7. The summed E-state index contributed by atoms with van der Waals surface area (Å²) in [5.41, 5.74) is -0.409. The number of hydrogen-bond acceptors (Lipinski definition) is 4. The predicted molar refractivity (Wildman–Crippen MR) is 70.2 cm³/mol. The molecule has 0 aliphatic heterocycles. The fourth-order valence-corrected chi connectivity index (χ4v) is 2.00. The molecular formula is C13H14N2O4. The van der Waals surface area contributed by atoms with Gasteiger partial charge in [-0.3, -0.25) is 18.7 Å². The van der Waals surface area contributed by atoms with Crippen LogP contribution in [0.2, 0.25) is 0 Å². The molecule has 0 radical (unpaired) electrons. The Labute approximate surface area is 108 Å².